The SMILES string of the molecule is COc1ccc2c(c1)[C@H](N)CC(c1cc(F)ccc1Br)O2. The molecule has 0 amide bonds. The number of halogens is 2. The van der Waals surface area contributed by atoms with Crippen LogP contribution in [0.1, 0.15) is 29.7 Å². The van der Waals surface area contributed by atoms with E-state index in [1.54, 1.807) is 13.2 Å². The van der Waals surface area contributed by atoms with E-state index in [9.17, 15) is 4.39 Å². The lowest BCUT2D eigenvalue weighted by Gasteiger charge is -2.31. The first kappa shape index (κ1) is 14.4. The molecular weight excluding hydrogens is 337 g/mol. The van der Waals surface area contributed by atoms with Gasteiger partial charge in [0.1, 0.15) is 23.4 Å². The van der Waals surface area contributed by atoms with E-state index in [1.165, 1.54) is 12.1 Å². The molecule has 2 aromatic rings. The maximum atomic E-state index is 13.5. The van der Waals surface area contributed by atoms with Crippen molar-refractivity contribution in [2.24, 2.45) is 5.73 Å². The fraction of sp³-hybridized carbons (Fsp3) is 0.250. The Balaban J connectivity index is 1.96. The maximum Gasteiger partial charge on any atom is 0.127 e. The molecule has 1 aliphatic heterocycles. The molecule has 0 bridgehead atoms. The Morgan fingerprint density at radius 3 is 2.81 bits per heavy atom. The van der Waals surface area contributed by atoms with Crippen molar-refractivity contribution in [3.8, 4) is 11.5 Å². The first-order valence-electron chi connectivity index (χ1n) is 6.63. The monoisotopic (exact) mass is 351 g/mol. The van der Waals surface area contributed by atoms with Gasteiger partial charge in [0.15, 0.2) is 0 Å². The molecule has 1 heterocycles. The Kier molecular flexibility index (Phi) is 3.87. The number of nitrogens with two attached hydrogens (primary N) is 1. The predicted octanol–water partition coefficient (Wildman–Crippen LogP) is 4.12. The van der Waals surface area contributed by atoms with E-state index in [4.69, 9.17) is 15.2 Å². The van der Waals surface area contributed by atoms with Crippen molar-refractivity contribution in [2.75, 3.05) is 7.11 Å². The van der Waals surface area contributed by atoms with Gasteiger partial charge in [-0.2, -0.15) is 0 Å². The Labute approximate surface area is 131 Å². The van der Waals surface area contributed by atoms with Gasteiger partial charge >= 0.3 is 0 Å². The quantitative estimate of drug-likeness (QED) is 0.884. The van der Waals surface area contributed by atoms with Crippen molar-refractivity contribution in [1.82, 2.24) is 0 Å². The van der Waals surface area contributed by atoms with E-state index in [0.29, 0.717) is 6.42 Å². The van der Waals surface area contributed by atoms with Crippen LogP contribution in [-0.2, 0) is 0 Å². The number of fused-ring (bicyclic) bond motifs is 1. The molecule has 0 radical (unpaired) electrons. The number of benzene rings is 2. The van der Waals surface area contributed by atoms with Crippen molar-refractivity contribution < 1.29 is 13.9 Å². The van der Waals surface area contributed by atoms with Gasteiger partial charge in [0.05, 0.1) is 7.11 Å². The topological polar surface area (TPSA) is 44.5 Å². The summed E-state index contributed by atoms with van der Waals surface area (Å²) in [6.07, 6.45) is 0.313. The maximum absolute atomic E-state index is 13.5. The Hall–Kier alpha value is -1.59. The van der Waals surface area contributed by atoms with Crippen LogP contribution in [-0.4, -0.2) is 7.11 Å². The molecule has 110 valence electrons. The average Bonchev–Trinajstić information content (AvgIpc) is 2.49. The Morgan fingerprint density at radius 1 is 1.24 bits per heavy atom. The zero-order valence-corrected chi connectivity index (χ0v) is 13.1. The van der Waals surface area contributed by atoms with Crippen LogP contribution in [0.5, 0.6) is 11.5 Å². The Morgan fingerprint density at radius 2 is 2.05 bits per heavy atom. The minimum atomic E-state index is -0.286. The summed E-state index contributed by atoms with van der Waals surface area (Å²) >= 11 is 3.44. The van der Waals surface area contributed by atoms with E-state index in [-0.39, 0.29) is 18.0 Å². The highest BCUT2D eigenvalue weighted by Gasteiger charge is 2.29. The van der Waals surface area contributed by atoms with E-state index in [1.807, 2.05) is 18.2 Å². The number of hydrogen-bond acceptors (Lipinski definition) is 3. The normalized spacial score (nSPS) is 20.6. The van der Waals surface area contributed by atoms with Gasteiger partial charge in [-0.25, -0.2) is 4.39 Å². The second kappa shape index (κ2) is 5.66. The molecule has 0 aliphatic carbocycles. The molecule has 2 aromatic carbocycles. The second-order valence-electron chi connectivity index (χ2n) is 5.02. The summed E-state index contributed by atoms with van der Waals surface area (Å²) in [5.74, 6) is 1.18. The standard InChI is InChI=1S/C16H15BrFNO2/c1-20-10-3-5-15-12(7-10)14(19)8-16(21-15)11-6-9(18)2-4-13(11)17/h2-7,14,16H,8,19H2,1H3/t14-,16?/m1/s1. The van der Waals surface area contributed by atoms with Gasteiger partial charge < -0.3 is 15.2 Å². The van der Waals surface area contributed by atoms with Crippen molar-refractivity contribution >= 4 is 15.9 Å². The molecular formula is C16H15BrFNO2. The summed E-state index contributed by atoms with van der Waals surface area (Å²) in [6.45, 7) is 0. The van der Waals surface area contributed by atoms with Crippen LogP contribution in [0.3, 0.4) is 0 Å². The fourth-order valence-corrected chi connectivity index (χ4v) is 3.06. The van der Waals surface area contributed by atoms with Crippen LogP contribution in [0.2, 0.25) is 0 Å². The van der Waals surface area contributed by atoms with Crippen LogP contribution in [0.15, 0.2) is 40.9 Å². The van der Waals surface area contributed by atoms with Gasteiger partial charge in [-0.3, -0.25) is 0 Å². The zero-order valence-electron chi connectivity index (χ0n) is 11.5. The first-order valence-corrected chi connectivity index (χ1v) is 7.43. The lowest BCUT2D eigenvalue weighted by Crippen LogP contribution is -2.24. The number of ether oxygens (including phenoxy) is 2. The molecule has 1 unspecified atom stereocenters. The van der Waals surface area contributed by atoms with Gasteiger partial charge in [0.25, 0.3) is 0 Å². The lowest BCUT2D eigenvalue weighted by atomic mass is 9.93. The van der Waals surface area contributed by atoms with Gasteiger partial charge in [-0.1, -0.05) is 15.9 Å². The predicted molar refractivity (Wildman–Crippen MR) is 82.0 cm³/mol. The van der Waals surface area contributed by atoms with Gasteiger partial charge in [-0.15, -0.1) is 0 Å². The highest BCUT2D eigenvalue weighted by atomic mass is 79.9. The van der Waals surface area contributed by atoms with Crippen LogP contribution in [0, 0.1) is 5.82 Å². The molecule has 21 heavy (non-hydrogen) atoms. The average molecular weight is 352 g/mol. The minimum Gasteiger partial charge on any atom is -0.497 e. The largest absolute Gasteiger partial charge is 0.497 e. The smallest absolute Gasteiger partial charge is 0.127 e. The highest BCUT2D eigenvalue weighted by molar-refractivity contribution is 9.10. The van der Waals surface area contributed by atoms with Gasteiger partial charge in [0, 0.05) is 28.1 Å². The summed E-state index contributed by atoms with van der Waals surface area (Å²) in [7, 11) is 1.61. The zero-order chi connectivity index (χ0) is 15.0. The molecule has 3 rings (SSSR count). The van der Waals surface area contributed by atoms with Crippen LogP contribution in [0.25, 0.3) is 0 Å². The molecule has 0 fully saturated rings. The third kappa shape index (κ3) is 2.76. The van der Waals surface area contributed by atoms with Crippen LogP contribution < -0.4 is 15.2 Å². The molecule has 1 aliphatic rings. The molecule has 5 heteroatoms. The summed E-state index contributed by atoms with van der Waals surface area (Å²) in [4.78, 5) is 0. The third-order valence-electron chi connectivity index (χ3n) is 3.66. The Bertz CT molecular complexity index is 677. The number of methoxy groups -OCH3 is 1. The van der Waals surface area contributed by atoms with Crippen LogP contribution in [0.4, 0.5) is 4.39 Å². The van der Waals surface area contributed by atoms with E-state index in [2.05, 4.69) is 15.9 Å². The summed E-state index contributed by atoms with van der Waals surface area (Å²) < 4.78 is 25.5. The van der Waals surface area contributed by atoms with Crippen LogP contribution >= 0.6 is 15.9 Å². The van der Waals surface area contributed by atoms with Gasteiger partial charge in [0.2, 0.25) is 0 Å². The summed E-state index contributed by atoms with van der Waals surface area (Å²) in [5.41, 5.74) is 7.93. The second-order valence-corrected chi connectivity index (χ2v) is 5.87. The molecule has 0 saturated carbocycles. The third-order valence-corrected chi connectivity index (χ3v) is 4.38. The molecule has 0 saturated heterocycles. The van der Waals surface area contributed by atoms with Crippen molar-refractivity contribution in [3.05, 3.63) is 57.8 Å². The van der Waals surface area contributed by atoms with E-state index in [0.717, 1.165) is 27.1 Å². The first-order chi connectivity index (χ1) is 10.1. The van der Waals surface area contributed by atoms with Crippen molar-refractivity contribution in [3.63, 3.8) is 0 Å². The fourth-order valence-electron chi connectivity index (χ4n) is 2.56. The number of rotatable bonds is 2. The lowest BCUT2D eigenvalue weighted by molar-refractivity contribution is 0.160. The molecule has 0 aromatic heterocycles. The highest BCUT2D eigenvalue weighted by Crippen LogP contribution is 2.42. The molecule has 2 atom stereocenters. The van der Waals surface area contributed by atoms with Crippen molar-refractivity contribution in [2.45, 2.75) is 18.6 Å². The molecule has 3 nitrogen and oxygen atoms in total. The molecule has 0 spiro atoms. The summed E-state index contributed by atoms with van der Waals surface area (Å²) in [6, 6.07) is 9.96. The van der Waals surface area contributed by atoms with Gasteiger partial charge in [-0.05, 0) is 36.4 Å². The van der Waals surface area contributed by atoms with E-state index < -0.39 is 0 Å². The molecule has 2 N–H and O–H groups in total. The number of hydrogen-bond donors (Lipinski definition) is 1. The minimum absolute atomic E-state index is 0.177. The van der Waals surface area contributed by atoms with Crippen molar-refractivity contribution in [1.29, 1.82) is 0 Å². The van der Waals surface area contributed by atoms with E-state index >= 15 is 0 Å². The summed E-state index contributed by atoms with van der Waals surface area (Å²) in [5, 5.41) is 0.